The first kappa shape index (κ1) is 17.8. The second-order valence-corrected chi connectivity index (χ2v) is 6.02. The number of hydrogen-bond acceptors (Lipinski definition) is 3. The highest BCUT2D eigenvalue weighted by atomic mass is 19.1. The number of phenols is 2. The Morgan fingerprint density at radius 2 is 1.88 bits per heavy atom. The van der Waals surface area contributed by atoms with E-state index in [-0.39, 0.29) is 23.0 Å². The van der Waals surface area contributed by atoms with Crippen LogP contribution in [0.2, 0.25) is 0 Å². The van der Waals surface area contributed by atoms with E-state index >= 15 is 0 Å². The fraction of sp³-hybridized carbons (Fsp3) is 0.316. The lowest BCUT2D eigenvalue weighted by atomic mass is 9.98. The molecule has 0 spiro atoms. The summed E-state index contributed by atoms with van der Waals surface area (Å²) < 4.78 is 13.5. The molecule has 24 heavy (non-hydrogen) atoms. The van der Waals surface area contributed by atoms with Gasteiger partial charge in [0.1, 0.15) is 17.3 Å². The van der Waals surface area contributed by atoms with Crippen LogP contribution in [-0.4, -0.2) is 22.7 Å². The average Bonchev–Trinajstić information content (AvgIpc) is 2.51. The van der Waals surface area contributed by atoms with Crippen molar-refractivity contribution in [2.24, 2.45) is 0 Å². The van der Waals surface area contributed by atoms with Gasteiger partial charge in [0.25, 0.3) is 5.91 Å². The molecule has 0 heterocycles. The summed E-state index contributed by atoms with van der Waals surface area (Å²) in [5.41, 5.74) is 1.10. The SMILES string of the molecule is CCCN(C(=O)c1cc(C(C)C)c(O)cc1O)c1cccc(F)c1. The molecule has 0 unspecified atom stereocenters. The molecule has 2 N–H and O–H groups in total. The predicted molar refractivity (Wildman–Crippen MR) is 92.2 cm³/mol. The monoisotopic (exact) mass is 331 g/mol. The van der Waals surface area contributed by atoms with Crippen LogP contribution in [0.5, 0.6) is 11.5 Å². The van der Waals surface area contributed by atoms with E-state index < -0.39 is 11.7 Å². The first-order valence-electron chi connectivity index (χ1n) is 7.98. The Kier molecular flexibility index (Phi) is 5.44. The number of rotatable bonds is 5. The van der Waals surface area contributed by atoms with Crippen LogP contribution in [0, 0.1) is 5.82 Å². The van der Waals surface area contributed by atoms with E-state index in [1.807, 2.05) is 20.8 Å². The molecule has 0 radical (unpaired) electrons. The smallest absolute Gasteiger partial charge is 0.262 e. The first-order chi connectivity index (χ1) is 11.3. The maximum atomic E-state index is 13.5. The van der Waals surface area contributed by atoms with Gasteiger partial charge in [0, 0.05) is 18.3 Å². The summed E-state index contributed by atoms with van der Waals surface area (Å²) in [5, 5.41) is 20.0. The van der Waals surface area contributed by atoms with E-state index in [2.05, 4.69) is 0 Å². The molecule has 4 nitrogen and oxygen atoms in total. The summed E-state index contributed by atoms with van der Waals surface area (Å²) in [6.07, 6.45) is 0.679. The minimum atomic E-state index is -0.431. The topological polar surface area (TPSA) is 60.8 Å². The summed E-state index contributed by atoms with van der Waals surface area (Å²) in [6.45, 7) is 6.07. The molecule has 0 aliphatic heterocycles. The van der Waals surface area contributed by atoms with Gasteiger partial charge in [-0.1, -0.05) is 26.8 Å². The van der Waals surface area contributed by atoms with Gasteiger partial charge in [-0.3, -0.25) is 4.79 Å². The van der Waals surface area contributed by atoms with Crippen molar-refractivity contribution in [2.45, 2.75) is 33.1 Å². The van der Waals surface area contributed by atoms with Crippen molar-refractivity contribution in [1.29, 1.82) is 0 Å². The third kappa shape index (κ3) is 3.67. The minimum absolute atomic E-state index is 0.00838. The fourth-order valence-corrected chi connectivity index (χ4v) is 2.59. The number of anilines is 1. The van der Waals surface area contributed by atoms with Crippen molar-refractivity contribution < 1.29 is 19.4 Å². The third-order valence-corrected chi connectivity index (χ3v) is 3.81. The van der Waals surface area contributed by atoms with Gasteiger partial charge < -0.3 is 15.1 Å². The van der Waals surface area contributed by atoms with Gasteiger partial charge in [0.15, 0.2) is 0 Å². The maximum Gasteiger partial charge on any atom is 0.262 e. The standard InChI is InChI=1S/C19H22FNO3/c1-4-8-21(14-7-5-6-13(20)9-14)19(24)16-10-15(12(2)3)17(22)11-18(16)23/h5-7,9-12,22-23H,4,8H2,1-3H3. The molecule has 0 bridgehead atoms. The van der Waals surface area contributed by atoms with E-state index in [1.54, 1.807) is 6.07 Å². The Balaban J connectivity index is 2.49. The van der Waals surface area contributed by atoms with Crippen LogP contribution in [0.25, 0.3) is 0 Å². The number of carbonyl (C=O) groups excluding carboxylic acids is 1. The molecular weight excluding hydrogens is 309 g/mol. The Morgan fingerprint density at radius 1 is 1.17 bits per heavy atom. The highest BCUT2D eigenvalue weighted by Crippen LogP contribution is 2.33. The van der Waals surface area contributed by atoms with Crippen molar-refractivity contribution >= 4 is 11.6 Å². The molecule has 0 aliphatic carbocycles. The number of hydrogen-bond donors (Lipinski definition) is 2. The zero-order chi connectivity index (χ0) is 17.9. The van der Waals surface area contributed by atoms with Gasteiger partial charge in [-0.15, -0.1) is 0 Å². The van der Waals surface area contributed by atoms with Crippen LogP contribution in [0.3, 0.4) is 0 Å². The number of nitrogens with zero attached hydrogens (tertiary/aromatic N) is 1. The fourth-order valence-electron chi connectivity index (χ4n) is 2.59. The molecule has 0 aromatic heterocycles. The largest absolute Gasteiger partial charge is 0.508 e. The lowest BCUT2D eigenvalue weighted by Crippen LogP contribution is -2.32. The van der Waals surface area contributed by atoms with E-state index in [4.69, 9.17) is 0 Å². The van der Waals surface area contributed by atoms with Crippen LogP contribution in [0.15, 0.2) is 36.4 Å². The predicted octanol–water partition coefficient (Wildman–Crippen LogP) is 4.42. The Hall–Kier alpha value is -2.56. The second kappa shape index (κ2) is 7.34. The molecule has 0 fully saturated rings. The van der Waals surface area contributed by atoms with Gasteiger partial charge in [0.05, 0.1) is 5.56 Å². The molecule has 2 aromatic rings. The quantitative estimate of drug-likeness (QED) is 0.853. The molecule has 0 saturated carbocycles. The number of aromatic hydroxyl groups is 2. The second-order valence-electron chi connectivity index (χ2n) is 6.02. The van der Waals surface area contributed by atoms with Gasteiger partial charge in [-0.2, -0.15) is 0 Å². The maximum absolute atomic E-state index is 13.5. The lowest BCUT2D eigenvalue weighted by molar-refractivity contribution is 0.0984. The Morgan fingerprint density at radius 3 is 2.46 bits per heavy atom. The number of carbonyl (C=O) groups is 1. The van der Waals surface area contributed by atoms with Crippen LogP contribution < -0.4 is 4.90 Å². The number of benzene rings is 2. The Bertz CT molecular complexity index is 743. The highest BCUT2D eigenvalue weighted by Gasteiger charge is 2.23. The minimum Gasteiger partial charge on any atom is -0.508 e. The molecule has 2 aromatic carbocycles. The number of halogens is 1. The summed E-state index contributed by atoms with van der Waals surface area (Å²) in [7, 11) is 0. The van der Waals surface area contributed by atoms with Crippen LogP contribution in [0.1, 0.15) is 49.0 Å². The summed E-state index contributed by atoms with van der Waals surface area (Å²) in [4.78, 5) is 14.3. The van der Waals surface area contributed by atoms with Crippen molar-refractivity contribution in [1.82, 2.24) is 0 Å². The van der Waals surface area contributed by atoms with Crippen LogP contribution in [-0.2, 0) is 0 Å². The third-order valence-electron chi connectivity index (χ3n) is 3.81. The van der Waals surface area contributed by atoms with E-state index in [9.17, 15) is 19.4 Å². The summed E-state index contributed by atoms with van der Waals surface area (Å²) in [5.74, 6) is -1.21. The van der Waals surface area contributed by atoms with Crippen LogP contribution >= 0.6 is 0 Å². The number of phenolic OH excluding ortho intramolecular Hbond substituents is 2. The zero-order valence-corrected chi connectivity index (χ0v) is 14.1. The van der Waals surface area contributed by atoms with E-state index in [1.165, 1.54) is 35.2 Å². The van der Waals surface area contributed by atoms with Gasteiger partial charge in [-0.05, 0) is 42.2 Å². The average molecular weight is 331 g/mol. The van der Waals surface area contributed by atoms with Gasteiger partial charge in [-0.25, -0.2) is 4.39 Å². The Labute approximate surface area is 141 Å². The molecule has 0 saturated heterocycles. The molecule has 5 heteroatoms. The first-order valence-corrected chi connectivity index (χ1v) is 7.98. The molecule has 0 atom stereocenters. The normalized spacial score (nSPS) is 10.9. The van der Waals surface area contributed by atoms with Gasteiger partial charge >= 0.3 is 0 Å². The summed E-state index contributed by atoms with van der Waals surface area (Å²) in [6, 6.07) is 8.47. The number of amides is 1. The molecular formula is C19H22FNO3. The molecule has 2 rings (SSSR count). The highest BCUT2D eigenvalue weighted by molar-refractivity contribution is 6.08. The van der Waals surface area contributed by atoms with Crippen molar-refractivity contribution in [3.05, 3.63) is 53.3 Å². The molecule has 0 aliphatic rings. The molecule has 1 amide bonds. The lowest BCUT2D eigenvalue weighted by Gasteiger charge is -2.23. The van der Waals surface area contributed by atoms with Crippen LogP contribution in [0.4, 0.5) is 10.1 Å². The van der Waals surface area contributed by atoms with Crippen molar-refractivity contribution in [3.63, 3.8) is 0 Å². The van der Waals surface area contributed by atoms with Gasteiger partial charge in [0.2, 0.25) is 0 Å². The van der Waals surface area contributed by atoms with E-state index in [0.29, 0.717) is 24.2 Å². The van der Waals surface area contributed by atoms with E-state index in [0.717, 1.165) is 0 Å². The summed E-state index contributed by atoms with van der Waals surface area (Å²) >= 11 is 0. The zero-order valence-electron chi connectivity index (χ0n) is 14.1. The van der Waals surface area contributed by atoms with Crippen molar-refractivity contribution in [2.75, 3.05) is 11.4 Å². The van der Waals surface area contributed by atoms with Crippen molar-refractivity contribution in [3.8, 4) is 11.5 Å². The molecule has 128 valence electrons.